The van der Waals surface area contributed by atoms with Crippen LogP contribution in [0, 0.1) is 11.6 Å². The third-order valence-electron chi connectivity index (χ3n) is 2.78. The maximum Gasteiger partial charge on any atom is 0.261 e. The molecular formula is C15H12F2N2OS. The van der Waals surface area contributed by atoms with E-state index < -0.39 is 23.1 Å². The fourth-order valence-electron chi connectivity index (χ4n) is 1.82. The van der Waals surface area contributed by atoms with Crippen LogP contribution in [0.15, 0.2) is 42.5 Å². The number of nitrogens with two attached hydrogens (primary N) is 1. The topological polar surface area (TPSA) is 55.1 Å². The number of benzene rings is 2. The number of amides is 1. The summed E-state index contributed by atoms with van der Waals surface area (Å²) in [7, 11) is 0. The van der Waals surface area contributed by atoms with Crippen LogP contribution < -0.4 is 11.1 Å². The molecule has 0 spiro atoms. The van der Waals surface area contributed by atoms with Crippen LogP contribution in [0.25, 0.3) is 0 Å². The number of rotatable bonds is 4. The normalized spacial score (nSPS) is 10.2. The molecule has 2 rings (SSSR count). The first-order valence-corrected chi connectivity index (χ1v) is 6.51. The van der Waals surface area contributed by atoms with Crippen molar-refractivity contribution in [1.82, 2.24) is 0 Å². The monoisotopic (exact) mass is 306 g/mol. The predicted octanol–water partition coefficient (Wildman–Crippen LogP) is 3.05. The molecule has 0 saturated carbocycles. The molecule has 108 valence electrons. The minimum atomic E-state index is -0.905. The van der Waals surface area contributed by atoms with Crippen LogP contribution >= 0.6 is 12.2 Å². The molecule has 0 aliphatic heterocycles. The van der Waals surface area contributed by atoms with Crippen molar-refractivity contribution in [2.24, 2.45) is 5.73 Å². The van der Waals surface area contributed by atoms with Crippen LogP contribution in [0.5, 0.6) is 0 Å². The van der Waals surface area contributed by atoms with Crippen LogP contribution in [0.3, 0.4) is 0 Å². The largest absolute Gasteiger partial charge is 0.393 e. The Balaban J connectivity index is 2.14. The molecule has 1 amide bonds. The van der Waals surface area contributed by atoms with Gasteiger partial charge in [-0.3, -0.25) is 4.79 Å². The predicted molar refractivity (Wildman–Crippen MR) is 81.2 cm³/mol. The van der Waals surface area contributed by atoms with Gasteiger partial charge in [-0.25, -0.2) is 8.78 Å². The van der Waals surface area contributed by atoms with Gasteiger partial charge in [0.1, 0.15) is 17.2 Å². The van der Waals surface area contributed by atoms with E-state index in [0.717, 1.165) is 17.7 Å². The Kier molecular flexibility index (Phi) is 4.59. The van der Waals surface area contributed by atoms with Gasteiger partial charge in [0.25, 0.3) is 5.91 Å². The lowest BCUT2D eigenvalue weighted by Gasteiger charge is -2.08. The first-order valence-electron chi connectivity index (χ1n) is 6.10. The number of nitrogens with one attached hydrogen (secondary N) is 1. The van der Waals surface area contributed by atoms with E-state index in [0.29, 0.717) is 17.1 Å². The van der Waals surface area contributed by atoms with Crippen LogP contribution in [0.1, 0.15) is 15.9 Å². The van der Waals surface area contributed by atoms with Crippen LogP contribution in [0.2, 0.25) is 0 Å². The van der Waals surface area contributed by atoms with Gasteiger partial charge in [0, 0.05) is 12.1 Å². The number of thiocarbonyl (C=S) groups is 1. The maximum atomic E-state index is 13.5. The summed E-state index contributed by atoms with van der Waals surface area (Å²) in [5.41, 5.74) is 6.14. The van der Waals surface area contributed by atoms with Gasteiger partial charge in [-0.2, -0.15) is 0 Å². The van der Waals surface area contributed by atoms with Gasteiger partial charge < -0.3 is 11.1 Å². The molecule has 3 nitrogen and oxygen atoms in total. The first-order chi connectivity index (χ1) is 9.97. The fraction of sp³-hybridized carbons (Fsp3) is 0.0667. The molecule has 0 atom stereocenters. The maximum absolute atomic E-state index is 13.5. The van der Waals surface area contributed by atoms with Crippen molar-refractivity contribution >= 4 is 28.8 Å². The van der Waals surface area contributed by atoms with E-state index in [9.17, 15) is 13.6 Å². The molecule has 0 aromatic heterocycles. The molecule has 2 aromatic rings. The highest BCUT2D eigenvalue weighted by Crippen LogP contribution is 2.16. The summed E-state index contributed by atoms with van der Waals surface area (Å²) in [6.07, 6.45) is 0.450. The van der Waals surface area contributed by atoms with Gasteiger partial charge in [-0.1, -0.05) is 30.4 Å². The zero-order valence-electron chi connectivity index (χ0n) is 10.9. The number of halogens is 2. The number of hydrogen-bond donors (Lipinski definition) is 2. The number of hydrogen-bond acceptors (Lipinski definition) is 2. The molecule has 0 radical (unpaired) electrons. The van der Waals surface area contributed by atoms with E-state index in [4.69, 9.17) is 18.0 Å². The third kappa shape index (κ3) is 3.82. The van der Waals surface area contributed by atoms with Crippen molar-refractivity contribution < 1.29 is 13.6 Å². The minimum Gasteiger partial charge on any atom is -0.393 e. The molecule has 21 heavy (non-hydrogen) atoms. The second kappa shape index (κ2) is 6.41. The average Bonchev–Trinajstić information content (AvgIpc) is 2.40. The van der Waals surface area contributed by atoms with Gasteiger partial charge in [-0.15, -0.1) is 0 Å². The minimum absolute atomic E-state index is 0.361. The van der Waals surface area contributed by atoms with E-state index in [1.54, 1.807) is 24.3 Å². The molecule has 0 fully saturated rings. The van der Waals surface area contributed by atoms with Crippen molar-refractivity contribution in [3.8, 4) is 0 Å². The van der Waals surface area contributed by atoms with Crippen molar-refractivity contribution in [1.29, 1.82) is 0 Å². The number of anilines is 1. The summed E-state index contributed by atoms with van der Waals surface area (Å²) in [5, 5.41) is 2.44. The van der Waals surface area contributed by atoms with Gasteiger partial charge in [0.05, 0.1) is 4.99 Å². The summed E-state index contributed by atoms with van der Waals surface area (Å²) in [6.45, 7) is 0. The van der Waals surface area contributed by atoms with Gasteiger partial charge >= 0.3 is 0 Å². The van der Waals surface area contributed by atoms with E-state index in [2.05, 4.69) is 5.32 Å². The summed E-state index contributed by atoms with van der Waals surface area (Å²) < 4.78 is 27.0. The Hall–Kier alpha value is -2.34. The molecule has 0 saturated heterocycles. The van der Waals surface area contributed by atoms with E-state index in [1.165, 1.54) is 6.07 Å². The van der Waals surface area contributed by atoms with Crippen molar-refractivity contribution in [2.45, 2.75) is 6.42 Å². The number of carbonyl (C=O) groups excluding carboxylic acids is 1. The molecular weight excluding hydrogens is 294 g/mol. The summed E-state index contributed by atoms with van der Waals surface area (Å²) >= 11 is 4.80. The SMILES string of the molecule is NC(=S)Cc1ccc(NC(=O)c2c(F)cccc2F)cc1. The lowest BCUT2D eigenvalue weighted by Crippen LogP contribution is -2.16. The molecule has 2 aromatic carbocycles. The number of carbonyl (C=O) groups is 1. The Morgan fingerprint density at radius 3 is 2.19 bits per heavy atom. The van der Waals surface area contributed by atoms with Gasteiger partial charge in [-0.05, 0) is 29.8 Å². The molecule has 0 bridgehead atoms. The summed E-state index contributed by atoms with van der Waals surface area (Å²) in [4.78, 5) is 12.2. The highest BCUT2D eigenvalue weighted by Gasteiger charge is 2.16. The van der Waals surface area contributed by atoms with Gasteiger partial charge in [0.2, 0.25) is 0 Å². The van der Waals surface area contributed by atoms with Crippen molar-refractivity contribution in [2.75, 3.05) is 5.32 Å². The standard InChI is InChI=1S/C15H12F2N2OS/c16-11-2-1-3-12(17)14(11)15(20)19-10-6-4-9(5-7-10)8-13(18)21/h1-7H,8H2,(H2,18,21)(H,19,20). The Morgan fingerprint density at radius 1 is 1.10 bits per heavy atom. The van der Waals surface area contributed by atoms with E-state index in [-0.39, 0.29) is 0 Å². The van der Waals surface area contributed by atoms with Crippen LogP contribution in [-0.4, -0.2) is 10.9 Å². The average molecular weight is 306 g/mol. The smallest absolute Gasteiger partial charge is 0.261 e. The molecule has 0 heterocycles. The third-order valence-corrected chi connectivity index (χ3v) is 2.92. The molecule has 0 unspecified atom stereocenters. The molecule has 3 N–H and O–H groups in total. The molecule has 0 aliphatic carbocycles. The van der Waals surface area contributed by atoms with E-state index >= 15 is 0 Å². The zero-order chi connectivity index (χ0) is 15.4. The summed E-state index contributed by atoms with van der Waals surface area (Å²) in [5.74, 6) is -2.65. The Morgan fingerprint density at radius 2 is 1.67 bits per heavy atom. The quantitative estimate of drug-likeness (QED) is 0.854. The first kappa shape index (κ1) is 15.1. The Labute approximate surface area is 125 Å². The van der Waals surface area contributed by atoms with Crippen LogP contribution in [0.4, 0.5) is 14.5 Å². The zero-order valence-corrected chi connectivity index (χ0v) is 11.7. The Bertz CT molecular complexity index is 666. The lowest BCUT2D eigenvalue weighted by atomic mass is 10.1. The van der Waals surface area contributed by atoms with E-state index in [1.807, 2.05) is 0 Å². The fourth-order valence-corrected chi connectivity index (χ4v) is 1.98. The van der Waals surface area contributed by atoms with Crippen molar-refractivity contribution in [3.05, 3.63) is 65.2 Å². The van der Waals surface area contributed by atoms with Gasteiger partial charge in [0.15, 0.2) is 0 Å². The van der Waals surface area contributed by atoms with Crippen LogP contribution in [-0.2, 0) is 6.42 Å². The highest BCUT2D eigenvalue weighted by atomic mass is 32.1. The highest BCUT2D eigenvalue weighted by molar-refractivity contribution is 7.80. The lowest BCUT2D eigenvalue weighted by molar-refractivity contribution is 0.101. The van der Waals surface area contributed by atoms with Crippen molar-refractivity contribution in [3.63, 3.8) is 0 Å². The second-order valence-electron chi connectivity index (χ2n) is 4.39. The second-order valence-corrected chi connectivity index (χ2v) is 4.92. The molecule has 0 aliphatic rings. The molecule has 6 heteroatoms. The summed E-state index contributed by atoms with van der Waals surface area (Å²) in [6, 6.07) is 9.95.